The maximum atomic E-state index is 11.6. The van der Waals surface area contributed by atoms with Gasteiger partial charge in [-0.1, -0.05) is 13.8 Å². The average molecular weight is 268 g/mol. The lowest BCUT2D eigenvalue weighted by atomic mass is 9.93. The molecule has 0 aliphatic heterocycles. The van der Waals surface area contributed by atoms with Gasteiger partial charge in [-0.25, -0.2) is 4.79 Å². The van der Waals surface area contributed by atoms with Gasteiger partial charge in [-0.05, 0) is 32.8 Å². The zero-order valence-corrected chi connectivity index (χ0v) is 12.3. The highest BCUT2D eigenvalue weighted by Crippen LogP contribution is 2.15. The van der Waals surface area contributed by atoms with E-state index in [9.17, 15) is 9.90 Å². The van der Waals surface area contributed by atoms with Crippen molar-refractivity contribution in [2.24, 2.45) is 5.92 Å². The van der Waals surface area contributed by atoms with Crippen LogP contribution in [-0.4, -0.2) is 23.3 Å². The lowest BCUT2D eigenvalue weighted by Gasteiger charge is -2.27. The molecule has 0 aliphatic carbocycles. The van der Waals surface area contributed by atoms with Crippen LogP contribution < -0.4 is 10.6 Å². The monoisotopic (exact) mass is 268 g/mol. The van der Waals surface area contributed by atoms with Crippen molar-refractivity contribution in [3.8, 4) is 0 Å². The highest BCUT2D eigenvalue weighted by molar-refractivity contribution is 5.73. The molecular formula is C14H24N2O3. The molecule has 0 aromatic carbocycles. The number of amides is 2. The Labute approximate surface area is 114 Å². The van der Waals surface area contributed by atoms with Crippen molar-refractivity contribution in [3.63, 3.8) is 0 Å². The summed E-state index contributed by atoms with van der Waals surface area (Å²) in [5.41, 5.74) is 0.0581. The zero-order valence-electron chi connectivity index (χ0n) is 12.3. The minimum atomic E-state index is -0.903. The van der Waals surface area contributed by atoms with Gasteiger partial charge in [0.1, 0.15) is 11.5 Å². The van der Waals surface area contributed by atoms with E-state index in [1.165, 1.54) is 0 Å². The number of rotatable bonds is 5. The van der Waals surface area contributed by atoms with Gasteiger partial charge in [-0.15, -0.1) is 0 Å². The van der Waals surface area contributed by atoms with E-state index in [1.807, 2.05) is 33.8 Å². The second kappa shape index (κ2) is 6.10. The molecule has 0 saturated heterocycles. The Kier molecular flexibility index (Phi) is 5.00. The van der Waals surface area contributed by atoms with Crippen molar-refractivity contribution >= 4 is 6.03 Å². The number of furan rings is 1. The van der Waals surface area contributed by atoms with Crippen LogP contribution >= 0.6 is 0 Å². The maximum Gasteiger partial charge on any atom is 0.315 e. The van der Waals surface area contributed by atoms with Crippen LogP contribution in [-0.2, 0) is 6.54 Å². The molecule has 0 fully saturated rings. The third-order valence-electron chi connectivity index (χ3n) is 3.43. The van der Waals surface area contributed by atoms with Crippen LogP contribution in [0.2, 0.25) is 0 Å². The molecule has 1 heterocycles. The predicted octanol–water partition coefficient (Wildman–Crippen LogP) is 2.10. The second-order valence-electron chi connectivity index (χ2n) is 5.49. The van der Waals surface area contributed by atoms with E-state index in [2.05, 4.69) is 10.6 Å². The van der Waals surface area contributed by atoms with Crippen molar-refractivity contribution in [1.82, 2.24) is 10.6 Å². The lowest BCUT2D eigenvalue weighted by Crippen LogP contribution is -2.47. The van der Waals surface area contributed by atoms with Gasteiger partial charge in [0.25, 0.3) is 0 Å². The van der Waals surface area contributed by atoms with E-state index >= 15 is 0 Å². The van der Waals surface area contributed by atoms with Gasteiger partial charge < -0.3 is 20.2 Å². The average Bonchev–Trinajstić information content (AvgIpc) is 2.62. The van der Waals surface area contributed by atoms with E-state index in [4.69, 9.17) is 4.42 Å². The Morgan fingerprint density at radius 2 is 2.05 bits per heavy atom. The van der Waals surface area contributed by atoms with E-state index in [0.29, 0.717) is 6.54 Å². The van der Waals surface area contributed by atoms with Gasteiger partial charge in [0, 0.05) is 18.7 Å². The summed E-state index contributed by atoms with van der Waals surface area (Å²) in [7, 11) is 0. The van der Waals surface area contributed by atoms with Crippen LogP contribution in [0.1, 0.15) is 37.9 Å². The molecule has 0 aliphatic rings. The van der Waals surface area contributed by atoms with Crippen LogP contribution in [0.4, 0.5) is 4.79 Å². The first-order chi connectivity index (χ1) is 8.72. The minimum absolute atomic E-state index is 0.0755. The first-order valence-corrected chi connectivity index (χ1v) is 6.52. The molecule has 1 atom stereocenters. The highest BCUT2D eigenvalue weighted by Gasteiger charge is 2.25. The van der Waals surface area contributed by atoms with Crippen molar-refractivity contribution in [1.29, 1.82) is 0 Å². The Morgan fingerprint density at radius 1 is 1.42 bits per heavy atom. The first kappa shape index (κ1) is 15.6. The van der Waals surface area contributed by atoms with E-state index in [1.54, 1.807) is 6.92 Å². The number of carbonyl (C=O) groups excluding carboxylic acids is 1. The minimum Gasteiger partial charge on any atom is -0.466 e. The molecule has 2 amide bonds. The van der Waals surface area contributed by atoms with Crippen LogP contribution in [0.5, 0.6) is 0 Å². The summed E-state index contributed by atoms with van der Waals surface area (Å²) in [4.78, 5) is 11.6. The summed E-state index contributed by atoms with van der Waals surface area (Å²) in [6.45, 7) is 9.91. The van der Waals surface area contributed by atoms with Gasteiger partial charge in [0.05, 0.1) is 5.60 Å². The lowest BCUT2D eigenvalue weighted by molar-refractivity contribution is 0.0166. The second-order valence-corrected chi connectivity index (χ2v) is 5.49. The molecule has 0 spiro atoms. The number of nitrogens with one attached hydrogen (secondary N) is 2. The molecule has 5 heteroatoms. The van der Waals surface area contributed by atoms with Gasteiger partial charge >= 0.3 is 6.03 Å². The Bertz CT molecular complexity index is 436. The number of hydrogen-bond donors (Lipinski definition) is 3. The van der Waals surface area contributed by atoms with Gasteiger partial charge in [-0.3, -0.25) is 0 Å². The molecule has 3 N–H and O–H groups in total. The van der Waals surface area contributed by atoms with Crippen LogP contribution in [0.25, 0.3) is 0 Å². The van der Waals surface area contributed by atoms with Gasteiger partial charge in [0.15, 0.2) is 0 Å². The van der Waals surface area contributed by atoms with Crippen molar-refractivity contribution in [2.45, 2.75) is 46.8 Å². The van der Waals surface area contributed by atoms with E-state index in [-0.39, 0.29) is 18.5 Å². The van der Waals surface area contributed by atoms with Crippen molar-refractivity contribution in [3.05, 3.63) is 23.2 Å². The predicted molar refractivity (Wildman–Crippen MR) is 73.9 cm³/mol. The number of aliphatic hydroxyl groups is 1. The first-order valence-electron chi connectivity index (χ1n) is 6.52. The topological polar surface area (TPSA) is 74.5 Å². The molecule has 1 aromatic rings. The molecule has 5 nitrogen and oxygen atoms in total. The smallest absolute Gasteiger partial charge is 0.315 e. The third kappa shape index (κ3) is 4.59. The summed E-state index contributed by atoms with van der Waals surface area (Å²) in [6.07, 6.45) is 0. The SMILES string of the molecule is Cc1cc(CNC(=O)NCC(C)(O)C(C)C)c(C)o1. The fourth-order valence-electron chi connectivity index (χ4n) is 1.56. The number of aryl methyl sites for hydroxylation is 2. The Hall–Kier alpha value is -1.49. The molecule has 108 valence electrons. The molecule has 1 unspecified atom stereocenters. The van der Waals surface area contributed by atoms with Gasteiger partial charge in [-0.2, -0.15) is 0 Å². The number of urea groups is 1. The van der Waals surface area contributed by atoms with E-state index in [0.717, 1.165) is 17.1 Å². The van der Waals surface area contributed by atoms with Crippen molar-refractivity contribution in [2.75, 3.05) is 6.54 Å². The van der Waals surface area contributed by atoms with Crippen LogP contribution in [0.3, 0.4) is 0 Å². The summed E-state index contributed by atoms with van der Waals surface area (Å²) < 4.78 is 5.38. The normalized spacial score (nSPS) is 14.3. The molecule has 0 bridgehead atoms. The summed E-state index contributed by atoms with van der Waals surface area (Å²) in [5.74, 6) is 1.72. The molecule has 0 saturated carbocycles. The largest absolute Gasteiger partial charge is 0.466 e. The fraction of sp³-hybridized carbons (Fsp3) is 0.643. The number of carbonyl (C=O) groups is 1. The summed E-state index contributed by atoms with van der Waals surface area (Å²) in [6, 6.07) is 1.61. The summed E-state index contributed by atoms with van der Waals surface area (Å²) >= 11 is 0. The molecule has 19 heavy (non-hydrogen) atoms. The standard InChI is InChI=1S/C14H24N2O3/c1-9(2)14(5,18)8-16-13(17)15-7-12-6-10(3)19-11(12)4/h6,9,18H,7-8H2,1-5H3,(H2,15,16,17). The van der Waals surface area contributed by atoms with Crippen LogP contribution in [0, 0.1) is 19.8 Å². The zero-order chi connectivity index (χ0) is 14.6. The Balaban J connectivity index is 2.39. The quantitative estimate of drug-likeness (QED) is 0.765. The molecule has 0 radical (unpaired) electrons. The molecule has 1 rings (SSSR count). The van der Waals surface area contributed by atoms with E-state index < -0.39 is 5.60 Å². The molecule has 1 aromatic heterocycles. The maximum absolute atomic E-state index is 11.6. The third-order valence-corrected chi connectivity index (χ3v) is 3.43. The number of hydrogen-bond acceptors (Lipinski definition) is 3. The van der Waals surface area contributed by atoms with Crippen LogP contribution in [0.15, 0.2) is 10.5 Å². The highest BCUT2D eigenvalue weighted by atomic mass is 16.3. The summed E-state index contributed by atoms with van der Waals surface area (Å²) in [5, 5.41) is 15.4. The fourth-order valence-corrected chi connectivity index (χ4v) is 1.56. The van der Waals surface area contributed by atoms with Gasteiger partial charge in [0.2, 0.25) is 0 Å². The molecular weight excluding hydrogens is 244 g/mol. The Morgan fingerprint density at radius 3 is 2.53 bits per heavy atom. The van der Waals surface area contributed by atoms with Crippen molar-refractivity contribution < 1.29 is 14.3 Å².